The largest absolute Gasteiger partial charge is 0.458 e. The van der Waals surface area contributed by atoms with Crippen LogP contribution in [0.25, 0.3) is 0 Å². The monoisotopic (exact) mass is 800 g/mol. The highest BCUT2D eigenvalue weighted by molar-refractivity contribution is 6.00. The summed E-state index contributed by atoms with van der Waals surface area (Å²) in [6, 6.07) is 2.04. The van der Waals surface area contributed by atoms with Gasteiger partial charge in [0.25, 0.3) is 0 Å². The summed E-state index contributed by atoms with van der Waals surface area (Å²) in [5.41, 5.74) is 3.69. The van der Waals surface area contributed by atoms with Crippen LogP contribution >= 0.6 is 0 Å². The minimum Gasteiger partial charge on any atom is -0.458 e. The summed E-state index contributed by atoms with van der Waals surface area (Å²) < 4.78 is 31.2. The van der Waals surface area contributed by atoms with Crippen LogP contribution in [0.2, 0.25) is 0 Å². The average Bonchev–Trinajstić information content (AvgIpc) is 3.40. The van der Waals surface area contributed by atoms with E-state index in [4.69, 9.17) is 34.4 Å². The normalized spacial score (nSPS) is 39.2. The Morgan fingerprint density at radius 1 is 1.07 bits per heavy atom. The second-order valence-corrected chi connectivity index (χ2v) is 16.8. The minimum atomic E-state index is -1.74. The van der Waals surface area contributed by atoms with Crippen LogP contribution in [0.15, 0.2) is 23.3 Å². The smallest absolute Gasteiger partial charge is 0.411 e. The van der Waals surface area contributed by atoms with Crippen molar-refractivity contribution in [1.82, 2.24) is 20.1 Å². The van der Waals surface area contributed by atoms with E-state index >= 15 is 0 Å². The lowest BCUT2D eigenvalue weighted by Gasteiger charge is -2.47. The van der Waals surface area contributed by atoms with E-state index < -0.39 is 89.5 Å². The molecule has 2 amide bonds. The number of aromatic nitrogens is 1. The zero-order valence-corrected chi connectivity index (χ0v) is 34.7. The summed E-state index contributed by atoms with van der Waals surface area (Å²) in [4.78, 5) is 83.2. The number of ether oxygens (including phenoxy) is 5. The fourth-order valence-electron chi connectivity index (χ4n) is 9.12. The number of amides is 2. The standard InChI is InChI=1S/C40H60N6O11/c1-11-28-40(8)33-22(4)30(47)20(2)16-39(7,56-37(51)44-18-26(19-46(33)38(52)57-40)43-17-25-12-13-42-29(41)15-25)34(23(5)31(48)24(6)35(50)54-28)55-36-32(49)27(45(9)10)14-21(3)53-36/h12-13,15,20-24,27-28,32-34,36,49H,11,14,16-19H2,1-10H3,(H2,41,42)(H,44,51)/t20-,21-,22+,23+,24-,27+,28-,32-,33+,34-,36+,39-,40-/m1/s1. The summed E-state index contributed by atoms with van der Waals surface area (Å²) in [5.74, 6) is -5.71. The Bertz CT molecular complexity index is 1730. The van der Waals surface area contributed by atoms with E-state index in [0.29, 0.717) is 12.1 Å². The number of pyridine rings is 1. The van der Waals surface area contributed by atoms with Crippen molar-refractivity contribution < 1.29 is 52.8 Å². The van der Waals surface area contributed by atoms with Gasteiger partial charge in [0.1, 0.15) is 41.4 Å². The highest BCUT2D eigenvalue weighted by Gasteiger charge is 2.61. The summed E-state index contributed by atoms with van der Waals surface area (Å²) in [6.07, 6.45) is -4.81. The number of anilines is 1. The molecule has 4 fully saturated rings. The Morgan fingerprint density at radius 2 is 1.77 bits per heavy atom. The number of likely N-dealkylation sites (N-methyl/N-ethyl adjacent to an activating group) is 1. The Labute approximate surface area is 334 Å². The van der Waals surface area contributed by atoms with Crippen molar-refractivity contribution >= 4 is 41.3 Å². The van der Waals surface area contributed by atoms with E-state index in [1.165, 1.54) is 11.8 Å². The van der Waals surface area contributed by atoms with Crippen LogP contribution in [0.1, 0.15) is 80.2 Å². The number of esters is 1. The van der Waals surface area contributed by atoms with Crippen LogP contribution in [-0.4, -0.2) is 137 Å². The summed E-state index contributed by atoms with van der Waals surface area (Å²) >= 11 is 0. The molecule has 0 aliphatic carbocycles. The molecule has 0 spiro atoms. The molecular weight excluding hydrogens is 740 g/mol. The first-order chi connectivity index (χ1) is 26.7. The van der Waals surface area contributed by atoms with Crippen molar-refractivity contribution in [1.29, 1.82) is 0 Å². The summed E-state index contributed by atoms with van der Waals surface area (Å²) in [6.45, 7) is 12.9. The van der Waals surface area contributed by atoms with Crippen LogP contribution in [0.3, 0.4) is 0 Å². The number of rotatable bonds is 6. The topological polar surface area (TPSA) is 222 Å². The molecular formula is C40H60N6O11. The van der Waals surface area contributed by atoms with Gasteiger partial charge in [0.15, 0.2) is 17.7 Å². The predicted molar refractivity (Wildman–Crippen MR) is 207 cm³/mol. The van der Waals surface area contributed by atoms with Gasteiger partial charge in [-0.3, -0.25) is 24.3 Å². The van der Waals surface area contributed by atoms with Gasteiger partial charge in [-0.25, -0.2) is 14.6 Å². The molecule has 0 radical (unpaired) electrons. The highest BCUT2D eigenvalue weighted by atomic mass is 16.7. The molecule has 0 aromatic carbocycles. The van der Waals surface area contributed by atoms with Gasteiger partial charge in [0.2, 0.25) is 0 Å². The van der Waals surface area contributed by atoms with Gasteiger partial charge in [-0.1, -0.05) is 27.7 Å². The van der Waals surface area contributed by atoms with Gasteiger partial charge in [-0.05, 0) is 78.7 Å². The highest BCUT2D eigenvalue weighted by Crippen LogP contribution is 2.43. The van der Waals surface area contributed by atoms with E-state index in [2.05, 4.69) is 10.3 Å². The van der Waals surface area contributed by atoms with Crippen LogP contribution < -0.4 is 11.1 Å². The number of Topliss-reactive ketones (excluding diaryl/α,β-unsaturated/α-hetero) is 2. The minimum absolute atomic E-state index is 0.117. The van der Waals surface area contributed by atoms with Gasteiger partial charge in [-0.15, -0.1) is 0 Å². The average molecular weight is 801 g/mol. The first kappa shape index (κ1) is 43.9. The lowest BCUT2D eigenvalue weighted by Crippen LogP contribution is -2.60. The number of carbonyl (C=O) groups is 5. The maximum absolute atomic E-state index is 14.8. The van der Waals surface area contributed by atoms with Crippen molar-refractivity contribution in [2.24, 2.45) is 28.7 Å². The molecule has 1 aromatic heterocycles. The molecule has 0 saturated carbocycles. The number of nitrogens with zero attached hydrogens (tertiary/aromatic N) is 4. The predicted octanol–water partition coefficient (Wildman–Crippen LogP) is 2.90. The maximum atomic E-state index is 14.8. The molecule has 5 rings (SSSR count). The molecule has 316 valence electrons. The van der Waals surface area contributed by atoms with E-state index in [0.717, 1.165) is 5.56 Å². The third-order valence-electron chi connectivity index (χ3n) is 12.1. The third-order valence-corrected chi connectivity index (χ3v) is 12.1. The maximum Gasteiger partial charge on any atom is 0.411 e. The number of hydrogen-bond acceptors (Lipinski definition) is 15. The molecule has 0 unspecified atom stereocenters. The van der Waals surface area contributed by atoms with Crippen LogP contribution in [0.4, 0.5) is 15.4 Å². The molecule has 57 heavy (non-hydrogen) atoms. The van der Waals surface area contributed by atoms with Gasteiger partial charge in [0, 0.05) is 30.0 Å². The van der Waals surface area contributed by atoms with Crippen molar-refractivity contribution in [2.45, 2.75) is 135 Å². The van der Waals surface area contributed by atoms with E-state index in [1.54, 1.807) is 59.9 Å². The first-order valence-electron chi connectivity index (χ1n) is 19.8. The third kappa shape index (κ3) is 9.11. The molecule has 4 aliphatic heterocycles. The number of carbonyl (C=O) groups excluding carboxylic acids is 5. The van der Waals surface area contributed by atoms with E-state index in [-0.39, 0.29) is 56.2 Å². The Balaban J connectivity index is 1.69. The first-order valence-corrected chi connectivity index (χ1v) is 19.8. The molecule has 1 aromatic rings. The molecule has 4 saturated heterocycles. The Hall–Kier alpha value is -4.19. The molecule has 17 heteroatoms. The van der Waals surface area contributed by atoms with Gasteiger partial charge in [-0.2, -0.15) is 0 Å². The number of aliphatic imine (C=N–C) groups is 1. The van der Waals surface area contributed by atoms with Crippen LogP contribution in [0, 0.1) is 23.7 Å². The van der Waals surface area contributed by atoms with Crippen molar-refractivity contribution in [2.75, 3.05) is 32.9 Å². The number of cyclic esters (lactones) is 1. The van der Waals surface area contributed by atoms with E-state index in [9.17, 15) is 29.1 Å². The van der Waals surface area contributed by atoms with Crippen molar-refractivity contribution in [3.8, 4) is 0 Å². The number of nitrogens with two attached hydrogens (primary N) is 1. The van der Waals surface area contributed by atoms with E-state index in [1.807, 2.05) is 25.9 Å². The number of hydrogen-bond donors (Lipinski definition) is 3. The SMILES string of the molecule is CC[C@H]1OC(=O)[C@H](C)C(=O)[C@H](C)[C@@H](O[C@@H]2O[C@H](C)C[C@H](N(C)C)[C@H]2O)[C@@]2(C)C[C@@H](C)C(=O)[C@H](C)[C@@H]3N(CC(=NCc4ccnc(N)c4)CNC(=O)O2)C(=O)O[C@@]31C. The lowest BCUT2D eigenvalue weighted by atomic mass is 9.73. The molecule has 17 nitrogen and oxygen atoms in total. The molecule has 5 heterocycles. The molecule has 4 N–H and O–H groups in total. The molecule has 13 atom stereocenters. The number of aliphatic hydroxyl groups is 1. The number of fused-ring (bicyclic) bond motifs is 4. The van der Waals surface area contributed by atoms with Gasteiger partial charge < -0.3 is 44.7 Å². The Kier molecular flexibility index (Phi) is 13.4. The van der Waals surface area contributed by atoms with Crippen molar-refractivity contribution in [3.63, 3.8) is 0 Å². The van der Waals surface area contributed by atoms with Crippen LogP contribution in [0.5, 0.6) is 0 Å². The second-order valence-electron chi connectivity index (χ2n) is 16.8. The number of nitrogens with one attached hydrogen (secondary N) is 1. The molecule has 2 bridgehead atoms. The number of ketones is 2. The fraction of sp³-hybridized carbons (Fsp3) is 0.725. The molecule has 4 aliphatic rings. The number of aliphatic hydroxyl groups excluding tert-OH is 1. The number of nitrogen functional groups attached to an aromatic ring is 1. The summed E-state index contributed by atoms with van der Waals surface area (Å²) in [5, 5.41) is 14.3. The van der Waals surface area contributed by atoms with Gasteiger partial charge in [0.05, 0.1) is 37.5 Å². The van der Waals surface area contributed by atoms with Crippen molar-refractivity contribution in [3.05, 3.63) is 23.9 Å². The quantitative estimate of drug-likeness (QED) is 0.214. The lowest BCUT2D eigenvalue weighted by molar-refractivity contribution is -0.292. The zero-order valence-electron chi connectivity index (χ0n) is 34.7. The summed E-state index contributed by atoms with van der Waals surface area (Å²) in [7, 11) is 3.65. The Morgan fingerprint density at radius 3 is 2.42 bits per heavy atom. The second kappa shape index (κ2) is 17.3. The van der Waals surface area contributed by atoms with Crippen LogP contribution in [-0.2, 0) is 44.6 Å². The zero-order chi connectivity index (χ0) is 42.1. The number of alkyl carbamates (subject to hydrolysis) is 1. The van der Waals surface area contributed by atoms with Gasteiger partial charge >= 0.3 is 18.2 Å². The fourth-order valence-corrected chi connectivity index (χ4v) is 9.12.